The molecule has 0 spiro atoms. The van der Waals surface area contributed by atoms with Gasteiger partial charge in [0.2, 0.25) is 0 Å². The molecule has 0 heterocycles. The highest BCUT2D eigenvalue weighted by atomic mass is 32.2. The molecule has 0 saturated carbocycles. The van der Waals surface area contributed by atoms with Crippen molar-refractivity contribution in [3.05, 3.63) is 29.8 Å². The lowest BCUT2D eigenvalue weighted by atomic mass is 10.1. The summed E-state index contributed by atoms with van der Waals surface area (Å²) in [7, 11) is 1.71. The van der Waals surface area contributed by atoms with E-state index in [1.165, 1.54) is 12.0 Å². The molecule has 2 atom stereocenters. The average Bonchev–Trinajstić information content (AvgIpc) is 2.39. The number of nitrogens with two attached hydrogens (primary N) is 1. The number of ether oxygens (including phenoxy) is 1. The molecule has 2 N–H and O–H groups in total. The van der Waals surface area contributed by atoms with Gasteiger partial charge >= 0.3 is 0 Å². The lowest BCUT2D eigenvalue weighted by molar-refractivity contribution is 0.409. The van der Waals surface area contributed by atoms with Crippen LogP contribution < -0.4 is 10.5 Å². The van der Waals surface area contributed by atoms with Gasteiger partial charge < -0.3 is 10.5 Å². The Bertz CT molecular complexity index is 330. The summed E-state index contributed by atoms with van der Waals surface area (Å²) in [5, 5.41) is 0.333. The minimum Gasteiger partial charge on any atom is -0.496 e. The largest absolute Gasteiger partial charge is 0.496 e. The number of thioether (sulfide) groups is 1. The lowest BCUT2D eigenvalue weighted by Gasteiger charge is -2.19. The van der Waals surface area contributed by atoms with E-state index in [9.17, 15) is 0 Å². The molecule has 0 aliphatic heterocycles. The molecule has 0 bridgehead atoms. The molecule has 0 fully saturated rings. The SMILES string of the molecule is CCC(C)CSC(CN)c1ccccc1OC. The van der Waals surface area contributed by atoms with E-state index in [0.29, 0.717) is 11.8 Å². The molecule has 96 valence electrons. The standard InChI is InChI=1S/C14H23NOS/c1-4-11(2)10-17-14(9-15)12-7-5-6-8-13(12)16-3/h5-8,11,14H,4,9-10,15H2,1-3H3. The quantitative estimate of drug-likeness (QED) is 0.808. The van der Waals surface area contributed by atoms with Crippen LogP contribution in [-0.4, -0.2) is 19.4 Å². The molecule has 0 radical (unpaired) electrons. The minimum absolute atomic E-state index is 0.333. The first kappa shape index (κ1) is 14.4. The van der Waals surface area contributed by atoms with Crippen molar-refractivity contribution in [1.29, 1.82) is 0 Å². The molecule has 1 aromatic carbocycles. The second kappa shape index (κ2) is 7.62. The van der Waals surface area contributed by atoms with Gasteiger partial charge in [0.05, 0.1) is 7.11 Å². The number of methoxy groups -OCH3 is 1. The Labute approximate surface area is 109 Å². The molecule has 0 amide bonds. The van der Waals surface area contributed by atoms with Crippen LogP contribution in [-0.2, 0) is 0 Å². The normalized spacial score (nSPS) is 14.4. The Balaban J connectivity index is 2.72. The number of para-hydroxylation sites is 1. The highest BCUT2D eigenvalue weighted by Gasteiger charge is 2.15. The molecule has 1 aromatic rings. The molecule has 17 heavy (non-hydrogen) atoms. The molecule has 0 aromatic heterocycles. The third-order valence-electron chi connectivity index (χ3n) is 2.98. The first-order valence-corrected chi connectivity index (χ1v) is 7.22. The number of hydrogen-bond acceptors (Lipinski definition) is 3. The molecule has 0 aliphatic carbocycles. The van der Waals surface area contributed by atoms with Gasteiger partial charge in [-0.15, -0.1) is 0 Å². The van der Waals surface area contributed by atoms with Crippen molar-refractivity contribution >= 4 is 11.8 Å². The Morgan fingerprint density at radius 1 is 1.35 bits per heavy atom. The number of benzene rings is 1. The molecule has 3 heteroatoms. The maximum absolute atomic E-state index is 5.88. The fraction of sp³-hybridized carbons (Fsp3) is 0.571. The van der Waals surface area contributed by atoms with Crippen molar-refractivity contribution in [2.45, 2.75) is 25.5 Å². The van der Waals surface area contributed by atoms with Gasteiger partial charge in [-0.3, -0.25) is 0 Å². The van der Waals surface area contributed by atoms with E-state index in [1.54, 1.807) is 7.11 Å². The first-order valence-electron chi connectivity index (χ1n) is 6.17. The summed E-state index contributed by atoms with van der Waals surface area (Å²) in [6.07, 6.45) is 1.22. The molecule has 2 unspecified atom stereocenters. The average molecular weight is 253 g/mol. The maximum Gasteiger partial charge on any atom is 0.123 e. The summed E-state index contributed by atoms with van der Waals surface area (Å²) < 4.78 is 5.39. The van der Waals surface area contributed by atoms with Gasteiger partial charge in [0.15, 0.2) is 0 Å². The van der Waals surface area contributed by atoms with Crippen molar-refractivity contribution in [1.82, 2.24) is 0 Å². The van der Waals surface area contributed by atoms with Crippen LogP contribution in [0.4, 0.5) is 0 Å². The molecule has 2 nitrogen and oxygen atoms in total. The molecule has 0 aliphatic rings. The summed E-state index contributed by atoms with van der Waals surface area (Å²) in [5.41, 5.74) is 7.09. The van der Waals surface area contributed by atoms with Gasteiger partial charge in [-0.2, -0.15) is 11.8 Å². The lowest BCUT2D eigenvalue weighted by Crippen LogP contribution is -2.12. The van der Waals surface area contributed by atoms with Crippen molar-refractivity contribution in [2.24, 2.45) is 11.7 Å². The highest BCUT2D eigenvalue weighted by molar-refractivity contribution is 7.99. The van der Waals surface area contributed by atoms with Gasteiger partial charge in [0.25, 0.3) is 0 Å². The summed E-state index contributed by atoms with van der Waals surface area (Å²) >= 11 is 1.93. The number of rotatable bonds is 7. The van der Waals surface area contributed by atoms with E-state index in [2.05, 4.69) is 19.9 Å². The Morgan fingerprint density at radius 2 is 2.06 bits per heavy atom. The highest BCUT2D eigenvalue weighted by Crippen LogP contribution is 2.35. The van der Waals surface area contributed by atoms with Crippen LogP contribution in [0.2, 0.25) is 0 Å². The monoisotopic (exact) mass is 253 g/mol. The summed E-state index contributed by atoms with van der Waals surface area (Å²) in [6, 6.07) is 8.15. The Hall–Kier alpha value is -0.670. The zero-order chi connectivity index (χ0) is 12.7. The maximum atomic E-state index is 5.88. The predicted molar refractivity (Wildman–Crippen MR) is 76.7 cm³/mol. The van der Waals surface area contributed by atoms with Gasteiger partial charge in [-0.05, 0) is 17.7 Å². The van der Waals surface area contributed by atoms with E-state index in [-0.39, 0.29) is 0 Å². The third kappa shape index (κ3) is 4.25. The van der Waals surface area contributed by atoms with Crippen molar-refractivity contribution < 1.29 is 4.74 Å². The summed E-state index contributed by atoms with van der Waals surface area (Å²) in [4.78, 5) is 0. The van der Waals surface area contributed by atoms with Crippen LogP contribution >= 0.6 is 11.8 Å². The van der Waals surface area contributed by atoms with Crippen LogP contribution in [0.15, 0.2) is 24.3 Å². The topological polar surface area (TPSA) is 35.2 Å². The molecular weight excluding hydrogens is 230 g/mol. The first-order chi connectivity index (χ1) is 8.22. The Kier molecular flexibility index (Phi) is 6.45. The third-order valence-corrected chi connectivity index (χ3v) is 4.59. The van der Waals surface area contributed by atoms with Crippen LogP contribution in [0.5, 0.6) is 5.75 Å². The summed E-state index contributed by atoms with van der Waals surface area (Å²) in [6.45, 7) is 5.16. The fourth-order valence-electron chi connectivity index (χ4n) is 1.62. The van der Waals surface area contributed by atoms with Crippen molar-refractivity contribution in [3.63, 3.8) is 0 Å². The zero-order valence-electron chi connectivity index (χ0n) is 11.0. The predicted octanol–water partition coefficient (Wildman–Crippen LogP) is 3.47. The zero-order valence-corrected chi connectivity index (χ0v) is 11.8. The van der Waals surface area contributed by atoms with E-state index in [1.807, 2.05) is 30.0 Å². The van der Waals surface area contributed by atoms with Gasteiger partial charge in [0, 0.05) is 17.4 Å². The Morgan fingerprint density at radius 3 is 2.65 bits per heavy atom. The van der Waals surface area contributed by atoms with Crippen molar-refractivity contribution in [3.8, 4) is 5.75 Å². The molecule has 1 rings (SSSR count). The van der Waals surface area contributed by atoms with E-state index in [0.717, 1.165) is 17.4 Å². The smallest absolute Gasteiger partial charge is 0.123 e. The van der Waals surface area contributed by atoms with Crippen molar-refractivity contribution in [2.75, 3.05) is 19.4 Å². The van der Waals surface area contributed by atoms with Crippen LogP contribution in [0.1, 0.15) is 31.1 Å². The van der Waals surface area contributed by atoms with Gasteiger partial charge in [-0.25, -0.2) is 0 Å². The minimum atomic E-state index is 0.333. The van der Waals surface area contributed by atoms with Gasteiger partial charge in [0.1, 0.15) is 5.75 Å². The summed E-state index contributed by atoms with van der Waals surface area (Å²) in [5.74, 6) is 2.83. The molecular formula is C14H23NOS. The van der Waals surface area contributed by atoms with E-state index >= 15 is 0 Å². The fourth-order valence-corrected chi connectivity index (χ4v) is 2.92. The molecule has 0 saturated heterocycles. The van der Waals surface area contributed by atoms with E-state index < -0.39 is 0 Å². The van der Waals surface area contributed by atoms with Crippen LogP contribution in [0.3, 0.4) is 0 Å². The van der Waals surface area contributed by atoms with Gasteiger partial charge in [-0.1, -0.05) is 38.5 Å². The van der Waals surface area contributed by atoms with Crippen LogP contribution in [0, 0.1) is 5.92 Å². The van der Waals surface area contributed by atoms with E-state index in [4.69, 9.17) is 10.5 Å². The second-order valence-corrected chi connectivity index (χ2v) is 5.55. The second-order valence-electron chi connectivity index (χ2n) is 4.31. The number of hydrogen-bond donors (Lipinski definition) is 1. The van der Waals surface area contributed by atoms with Crippen LogP contribution in [0.25, 0.3) is 0 Å².